The Morgan fingerprint density at radius 1 is 0.742 bits per heavy atom. The highest BCUT2D eigenvalue weighted by Crippen LogP contribution is 2.33. The van der Waals surface area contributed by atoms with Crippen molar-refractivity contribution in [1.29, 1.82) is 0 Å². The molecule has 0 saturated heterocycles. The van der Waals surface area contributed by atoms with Crippen molar-refractivity contribution in [3.63, 3.8) is 0 Å². The Balaban J connectivity index is 1.73. The molecule has 31 heavy (non-hydrogen) atoms. The number of benzene rings is 3. The fourth-order valence-electron chi connectivity index (χ4n) is 3.89. The van der Waals surface area contributed by atoms with E-state index in [2.05, 4.69) is 0 Å². The molecule has 0 unspecified atom stereocenters. The third-order valence-electron chi connectivity index (χ3n) is 5.58. The first-order valence-electron chi connectivity index (χ1n) is 10.6. The van der Waals surface area contributed by atoms with Crippen LogP contribution in [0.15, 0.2) is 90.6 Å². The zero-order chi connectivity index (χ0) is 21.8. The Kier molecular flexibility index (Phi) is 5.99. The number of carbonyl (C=O) groups is 2. The second-order valence-corrected chi connectivity index (χ2v) is 7.77. The lowest BCUT2D eigenvalue weighted by molar-refractivity contribution is -0.138. The van der Waals surface area contributed by atoms with Crippen molar-refractivity contribution in [2.75, 3.05) is 6.54 Å². The van der Waals surface area contributed by atoms with E-state index in [0.29, 0.717) is 24.4 Å². The van der Waals surface area contributed by atoms with Gasteiger partial charge >= 0.3 is 0 Å². The topological polar surface area (TPSA) is 40.6 Å². The predicted octanol–water partition coefficient (Wildman–Crippen LogP) is 4.80. The summed E-state index contributed by atoms with van der Waals surface area (Å²) in [5.74, 6) is -0.472. The third-order valence-corrected chi connectivity index (χ3v) is 5.58. The van der Waals surface area contributed by atoms with Crippen LogP contribution in [0.3, 0.4) is 0 Å². The SMILES string of the molecule is CCN(Cc1ccccc1)C1=C(c2ccccc2)C(=O)N(Cc2ccc(C)cc2)C1=O. The zero-order valence-corrected chi connectivity index (χ0v) is 17.9. The van der Waals surface area contributed by atoms with Gasteiger partial charge in [0.1, 0.15) is 5.70 Å². The van der Waals surface area contributed by atoms with Gasteiger partial charge in [-0.05, 0) is 30.5 Å². The molecule has 4 heteroatoms. The molecule has 0 aliphatic carbocycles. The van der Waals surface area contributed by atoms with Gasteiger partial charge in [-0.1, -0.05) is 90.5 Å². The van der Waals surface area contributed by atoms with Crippen molar-refractivity contribution in [2.24, 2.45) is 0 Å². The van der Waals surface area contributed by atoms with Crippen LogP contribution in [0, 0.1) is 6.92 Å². The van der Waals surface area contributed by atoms with Crippen molar-refractivity contribution >= 4 is 17.4 Å². The smallest absolute Gasteiger partial charge is 0.278 e. The molecule has 0 spiro atoms. The van der Waals surface area contributed by atoms with Crippen molar-refractivity contribution < 1.29 is 9.59 Å². The maximum atomic E-state index is 13.6. The van der Waals surface area contributed by atoms with Crippen LogP contribution in [0.1, 0.15) is 29.2 Å². The summed E-state index contributed by atoms with van der Waals surface area (Å²) in [6, 6.07) is 27.5. The largest absolute Gasteiger partial charge is 0.362 e. The summed E-state index contributed by atoms with van der Waals surface area (Å²) in [5.41, 5.74) is 4.92. The predicted molar refractivity (Wildman–Crippen MR) is 123 cm³/mol. The number of hydrogen-bond acceptors (Lipinski definition) is 3. The standard InChI is InChI=1S/C27H26N2O2/c1-3-28(18-21-10-6-4-7-11-21)25-24(23-12-8-5-9-13-23)26(30)29(27(25)31)19-22-16-14-20(2)15-17-22/h4-17H,3,18-19H2,1-2H3. The maximum absolute atomic E-state index is 13.6. The Morgan fingerprint density at radius 3 is 1.97 bits per heavy atom. The highest BCUT2D eigenvalue weighted by molar-refractivity contribution is 6.35. The van der Waals surface area contributed by atoms with Crippen molar-refractivity contribution in [3.8, 4) is 0 Å². The molecule has 4 rings (SSSR count). The summed E-state index contributed by atoms with van der Waals surface area (Å²) >= 11 is 0. The molecule has 1 aliphatic heterocycles. The van der Waals surface area contributed by atoms with Crippen LogP contribution in [0.25, 0.3) is 5.57 Å². The summed E-state index contributed by atoms with van der Waals surface area (Å²) in [6.07, 6.45) is 0. The minimum atomic E-state index is -0.238. The minimum absolute atomic E-state index is 0.234. The average Bonchev–Trinajstić information content (AvgIpc) is 3.05. The highest BCUT2D eigenvalue weighted by atomic mass is 16.2. The molecule has 3 aromatic carbocycles. The number of hydrogen-bond donors (Lipinski definition) is 0. The van der Waals surface area contributed by atoms with Gasteiger partial charge in [-0.15, -0.1) is 0 Å². The van der Waals surface area contributed by atoms with Crippen molar-refractivity contribution in [1.82, 2.24) is 9.80 Å². The molecular weight excluding hydrogens is 384 g/mol. The second kappa shape index (κ2) is 9.00. The number of imide groups is 1. The van der Waals surface area contributed by atoms with Gasteiger partial charge in [0.15, 0.2) is 0 Å². The molecule has 156 valence electrons. The number of rotatable bonds is 7. The highest BCUT2D eigenvalue weighted by Gasteiger charge is 2.41. The van der Waals surface area contributed by atoms with E-state index >= 15 is 0 Å². The lowest BCUT2D eigenvalue weighted by atomic mass is 10.0. The molecule has 0 atom stereocenters. The Hall–Kier alpha value is -3.66. The first kappa shape index (κ1) is 20.6. The lowest BCUT2D eigenvalue weighted by Gasteiger charge is -2.25. The van der Waals surface area contributed by atoms with E-state index in [1.165, 1.54) is 4.90 Å². The van der Waals surface area contributed by atoms with Crippen LogP contribution in [0.5, 0.6) is 0 Å². The van der Waals surface area contributed by atoms with Gasteiger partial charge in [-0.25, -0.2) is 0 Å². The van der Waals surface area contributed by atoms with E-state index in [1.807, 2.05) is 104 Å². The van der Waals surface area contributed by atoms with Gasteiger partial charge in [-0.3, -0.25) is 14.5 Å². The molecule has 4 nitrogen and oxygen atoms in total. The monoisotopic (exact) mass is 410 g/mol. The molecule has 2 amide bonds. The lowest BCUT2D eigenvalue weighted by Crippen LogP contribution is -2.34. The van der Waals surface area contributed by atoms with Gasteiger partial charge in [0, 0.05) is 13.1 Å². The number of aryl methyl sites for hydroxylation is 1. The summed E-state index contributed by atoms with van der Waals surface area (Å²) in [4.78, 5) is 30.4. The van der Waals surface area contributed by atoms with Crippen LogP contribution in [-0.4, -0.2) is 28.2 Å². The van der Waals surface area contributed by atoms with Crippen molar-refractivity contribution in [3.05, 3.63) is 113 Å². The van der Waals surface area contributed by atoms with Gasteiger partial charge in [0.25, 0.3) is 11.8 Å². The summed E-state index contributed by atoms with van der Waals surface area (Å²) < 4.78 is 0. The zero-order valence-electron chi connectivity index (χ0n) is 17.9. The molecule has 1 heterocycles. The molecule has 0 saturated carbocycles. The van der Waals surface area contributed by atoms with E-state index in [1.54, 1.807) is 0 Å². The average molecular weight is 411 g/mol. The first-order valence-corrected chi connectivity index (χ1v) is 10.6. The normalized spacial score (nSPS) is 13.8. The van der Waals surface area contributed by atoms with Crippen LogP contribution in [0.4, 0.5) is 0 Å². The van der Waals surface area contributed by atoms with Gasteiger partial charge in [-0.2, -0.15) is 0 Å². The maximum Gasteiger partial charge on any atom is 0.278 e. The quantitative estimate of drug-likeness (QED) is 0.526. The van der Waals surface area contributed by atoms with Crippen molar-refractivity contribution in [2.45, 2.75) is 26.9 Å². The van der Waals surface area contributed by atoms with Crippen LogP contribution in [0.2, 0.25) is 0 Å². The molecular formula is C27H26N2O2. The minimum Gasteiger partial charge on any atom is -0.362 e. The van der Waals surface area contributed by atoms with Gasteiger partial charge in [0.05, 0.1) is 12.1 Å². The first-order chi connectivity index (χ1) is 15.1. The molecule has 1 aliphatic rings. The molecule has 0 fully saturated rings. The molecule has 3 aromatic rings. The third kappa shape index (κ3) is 4.29. The van der Waals surface area contributed by atoms with E-state index in [4.69, 9.17) is 0 Å². The summed E-state index contributed by atoms with van der Waals surface area (Å²) in [6.45, 7) is 5.49. The molecule has 0 N–H and O–H groups in total. The van der Waals surface area contributed by atoms with Crippen LogP contribution < -0.4 is 0 Å². The number of nitrogens with zero attached hydrogens (tertiary/aromatic N) is 2. The Bertz CT molecular complexity index is 1100. The molecule has 0 radical (unpaired) electrons. The number of amides is 2. The second-order valence-electron chi connectivity index (χ2n) is 7.77. The Morgan fingerprint density at radius 2 is 1.35 bits per heavy atom. The summed E-state index contributed by atoms with van der Waals surface area (Å²) in [7, 11) is 0. The van der Waals surface area contributed by atoms with E-state index < -0.39 is 0 Å². The number of likely N-dealkylation sites (N-methyl/N-ethyl adjacent to an activating group) is 1. The molecule has 0 aromatic heterocycles. The fraction of sp³-hybridized carbons (Fsp3) is 0.185. The van der Waals surface area contributed by atoms with E-state index in [9.17, 15) is 9.59 Å². The van der Waals surface area contributed by atoms with Gasteiger partial charge < -0.3 is 4.90 Å². The van der Waals surface area contributed by atoms with Gasteiger partial charge in [0.2, 0.25) is 0 Å². The summed E-state index contributed by atoms with van der Waals surface area (Å²) in [5, 5.41) is 0. The fourth-order valence-corrected chi connectivity index (χ4v) is 3.89. The van der Waals surface area contributed by atoms with E-state index in [0.717, 1.165) is 22.3 Å². The number of carbonyl (C=O) groups excluding carboxylic acids is 2. The molecule has 0 bridgehead atoms. The van der Waals surface area contributed by atoms with Crippen LogP contribution >= 0.6 is 0 Å². The van der Waals surface area contributed by atoms with Crippen LogP contribution in [-0.2, 0) is 22.7 Å². The van der Waals surface area contributed by atoms with E-state index in [-0.39, 0.29) is 18.4 Å². The Labute approximate surface area is 183 Å².